The van der Waals surface area contributed by atoms with Gasteiger partial charge in [0.2, 0.25) is 0 Å². The molecule has 188 valence electrons. The number of fused-ring (bicyclic) bond motifs is 1. The maximum absolute atomic E-state index is 13.3. The Hall–Kier alpha value is -3.04. The molecule has 1 saturated carbocycles. The van der Waals surface area contributed by atoms with Crippen molar-refractivity contribution in [1.29, 1.82) is 0 Å². The number of benzene rings is 1. The van der Waals surface area contributed by atoms with E-state index in [0.29, 0.717) is 25.1 Å². The average molecular weight is 500 g/mol. The Morgan fingerprint density at radius 2 is 1.97 bits per heavy atom. The Morgan fingerprint density at radius 3 is 2.66 bits per heavy atom. The Morgan fingerprint density at radius 1 is 1.20 bits per heavy atom. The summed E-state index contributed by atoms with van der Waals surface area (Å²) in [5, 5.41) is 16.4. The van der Waals surface area contributed by atoms with Crippen molar-refractivity contribution in [1.82, 2.24) is 9.88 Å². The number of hydrogen-bond acceptors (Lipinski definition) is 7. The summed E-state index contributed by atoms with van der Waals surface area (Å²) < 4.78 is 13.1. The summed E-state index contributed by atoms with van der Waals surface area (Å²) >= 11 is 1.57. The fourth-order valence-corrected chi connectivity index (χ4v) is 5.70. The molecule has 8 nitrogen and oxygen atoms in total. The molecule has 1 aliphatic carbocycles. The molecule has 0 saturated heterocycles. The summed E-state index contributed by atoms with van der Waals surface area (Å²) in [6, 6.07) is 11.5. The van der Waals surface area contributed by atoms with Crippen LogP contribution in [0.1, 0.15) is 43.1 Å². The van der Waals surface area contributed by atoms with Crippen LogP contribution in [0.5, 0.6) is 5.75 Å². The molecule has 2 aromatic heterocycles. The number of carbonyl (C=O) groups excluding carboxylic acids is 2. The van der Waals surface area contributed by atoms with Gasteiger partial charge in [0.1, 0.15) is 17.7 Å². The lowest BCUT2D eigenvalue weighted by Gasteiger charge is -2.30. The maximum atomic E-state index is 13.3. The number of aliphatic hydroxyl groups excluding tert-OH is 1. The van der Waals surface area contributed by atoms with E-state index in [0.717, 1.165) is 34.5 Å². The van der Waals surface area contributed by atoms with E-state index in [-0.39, 0.29) is 30.4 Å². The van der Waals surface area contributed by atoms with Crippen LogP contribution < -0.4 is 15.0 Å². The third-order valence-electron chi connectivity index (χ3n) is 6.78. The molecule has 9 heteroatoms. The van der Waals surface area contributed by atoms with Crippen molar-refractivity contribution >= 4 is 39.1 Å². The third kappa shape index (κ3) is 5.46. The second-order valence-electron chi connectivity index (χ2n) is 8.82. The fourth-order valence-electron chi connectivity index (χ4n) is 4.88. The number of aliphatic hydroxyl groups is 1. The number of nitrogens with zero attached hydrogens (tertiary/aromatic N) is 2. The number of methoxy groups -OCH3 is 2. The van der Waals surface area contributed by atoms with E-state index >= 15 is 0 Å². The lowest BCUT2D eigenvalue weighted by atomic mass is 9.86. The van der Waals surface area contributed by atoms with Crippen LogP contribution in [0.4, 0.5) is 5.69 Å². The van der Waals surface area contributed by atoms with Crippen molar-refractivity contribution in [3.05, 3.63) is 47.5 Å². The standard InChI is InChI=1S/C26H33N3O5S/c1-4-28(19-6-5-7-20(14-19)33-2)24(30)16-29-21-12-13-35-23(21)15-22(29)25(31)27-18-10-8-17(9-11-18)26(32)34-3/h5-7,12-15,17-18,24,30H,4,8-11,16H2,1-3H3,(H,27,31). The molecule has 2 heterocycles. The van der Waals surface area contributed by atoms with Crippen LogP contribution >= 0.6 is 11.3 Å². The largest absolute Gasteiger partial charge is 0.497 e. The van der Waals surface area contributed by atoms with Gasteiger partial charge in [0.25, 0.3) is 5.91 Å². The summed E-state index contributed by atoms with van der Waals surface area (Å²) in [4.78, 5) is 27.0. The first-order valence-corrected chi connectivity index (χ1v) is 12.9. The zero-order valence-electron chi connectivity index (χ0n) is 20.4. The highest BCUT2D eigenvalue weighted by atomic mass is 32.1. The SMILES string of the molecule is CCN(c1cccc(OC)c1)C(O)Cn1c(C(=O)NC2CCC(C(=O)OC)CC2)cc2sccc21. The molecule has 0 bridgehead atoms. The molecule has 0 spiro atoms. The van der Waals surface area contributed by atoms with E-state index in [1.54, 1.807) is 18.4 Å². The van der Waals surface area contributed by atoms with Crippen molar-refractivity contribution in [2.75, 3.05) is 25.7 Å². The molecule has 0 aliphatic heterocycles. The summed E-state index contributed by atoms with van der Waals surface area (Å²) in [5.74, 6) is 0.298. The number of thiophene rings is 1. The van der Waals surface area contributed by atoms with Crippen LogP contribution in [0.2, 0.25) is 0 Å². The number of rotatable bonds is 9. The fraction of sp³-hybridized carbons (Fsp3) is 0.462. The summed E-state index contributed by atoms with van der Waals surface area (Å²) in [6.07, 6.45) is 2.05. The number of anilines is 1. The van der Waals surface area contributed by atoms with Crippen LogP contribution in [0.15, 0.2) is 41.8 Å². The minimum Gasteiger partial charge on any atom is -0.497 e. The molecular weight excluding hydrogens is 466 g/mol. The zero-order valence-corrected chi connectivity index (χ0v) is 21.2. The van der Waals surface area contributed by atoms with Crippen molar-refractivity contribution in [3.63, 3.8) is 0 Å². The predicted molar refractivity (Wildman–Crippen MR) is 137 cm³/mol. The lowest BCUT2D eigenvalue weighted by Crippen LogP contribution is -2.41. The molecule has 0 radical (unpaired) electrons. The normalized spacial score (nSPS) is 18.7. The Kier molecular flexibility index (Phi) is 7.97. The highest BCUT2D eigenvalue weighted by molar-refractivity contribution is 7.17. The summed E-state index contributed by atoms with van der Waals surface area (Å²) in [5.41, 5.74) is 2.31. The Balaban J connectivity index is 1.50. The van der Waals surface area contributed by atoms with E-state index in [9.17, 15) is 14.7 Å². The van der Waals surface area contributed by atoms with Crippen LogP contribution in [-0.2, 0) is 16.1 Å². The molecular formula is C26H33N3O5S. The highest BCUT2D eigenvalue weighted by Gasteiger charge is 2.29. The van der Waals surface area contributed by atoms with Gasteiger partial charge in [-0.05, 0) is 62.3 Å². The van der Waals surface area contributed by atoms with E-state index < -0.39 is 6.23 Å². The minimum absolute atomic E-state index is 0.0126. The molecule has 35 heavy (non-hydrogen) atoms. The second-order valence-corrected chi connectivity index (χ2v) is 9.77. The van der Waals surface area contributed by atoms with Crippen LogP contribution in [0.25, 0.3) is 10.2 Å². The first-order chi connectivity index (χ1) is 16.9. The Labute approximate surface area is 209 Å². The monoisotopic (exact) mass is 499 g/mol. The molecule has 1 unspecified atom stereocenters. The first-order valence-electron chi connectivity index (χ1n) is 12.0. The molecule has 1 aliphatic rings. The summed E-state index contributed by atoms with van der Waals surface area (Å²) in [7, 11) is 3.03. The van der Waals surface area contributed by atoms with Crippen molar-refractivity contribution < 1.29 is 24.2 Å². The Bertz CT molecular complexity index is 1160. The van der Waals surface area contributed by atoms with E-state index in [1.165, 1.54) is 7.11 Å². The number of nitrogens with one attached hydrogen (secondary N) is 1. The predicted octanol–water partition coefficient (Wildman–Crippen LogP) is 4.02. The van der Waals surface area contributed by atoms with Gasteiger partial charge >= 0.3 is 5.97 Å². The molecule has 1 aromatic carbocycles. The average Bonchev–Trinajstić information content (AvgIpc) is 3.47. The number of carbonyl (C=O) groups is 2. The topological polar surface area (TPSA) is 93.0 Å². The first kappa shape index (κ1) is 25.1. The number of hydrogen-bond donors (Lipinski definition) is 2. The van der Waals surface area contributed by atoms with Crippen molar-refractivity contribution in [2.45, 2.75) is 51.4 Å². The number of aromatic nitrogens is 1. The number of ether oxygens (including phenoxy) is 2. The van der Waals surface area contributed by atoms with Crippen LogP contribution in [0.3, 0.4) is 0 Å². The van der Waals surface area contributed by atoms with Gasteiger partial charge in [-0.25, -0.2) is 0 Å². The van der Waals surface area contributed by atoms with Crippen LogP contribution in [-0.4, -0.2) is 54.6 Å². The van der Waals surface area contributed by atoms with Gasteiger partial charge in [0.05, 0.1) is 36.9 Å². The van der Waals surface area contributed by atoms with Gasteiger partial charge in [-0.1, -0.05) is 6.07 Å². The van der Waals surface area contributed by atoms with Gasteiger partial charge < -0.3 is 29.4 Å². The van der Waals surface area contributed by atoms with Gasteiger partial charge in [0.15, 0.2) is 0 Å². The van der Waals surface area contributed by atoms with Gasteiger partial charge in [0, 0.05) is 24.3 Å². The molecule has 1 fully saturated rings. The van der Waals surface area contributed by atoms with Crippen molar-refractivity contribution in [3.8, 4) is 5.75 Å². The summed E-state index contributed by atoms with van der Waals surface area (Å²) in [6.45, 7) is 2.81. The number of esters is 1. The van der Waals surface area contributed by atoms with Crippen molar-refractivity contribution in [2.24, 2.45) is 5.92 Å². The molecule has 4 rings (SSSR count). The van der Waals surface area contributed by atoms with E-state index in [1.807, 2.05) is 58.2 Å². The second kappa shape index (κ2) is 11.1. The highest BCUT2D eigenvalue weighted by Crippen LogP contribution is 2.29. The molecule has 1 amide bonds. The maximum Gasteiger partial charge on any atom is 0.308 e. The molecule has 1 atom stereocenters. The molecule has 3 aromatic rings. The van der Waals surface area contributed by atoms with Crippen LogP contribution in [0, 0.1) is 5.92 Å². The van der Waals surface area contributed by atoms with E-state index in [4.69, 9.17) is 9.47 Å². The number of amides is 1. The van der Waals surface area contributed by atoms with Gasteiger partial charge in [-0.2, -0.15) is 0 Å². The number of likely N-dealkylation sites (N-methyl/N-ethyl adjacent to an activating group) is 1. The van der Waals surface area contributed by atoms with Gasteiger partial charge in [-0.3, -0.25) is 9.59 Å². The quantitative estimate of drug-likeness (QED) is 0.341. The smallest absolute Gasteiger partial charge is 0.308 e. The third-order valence-corrected chi connectivity index (χ3v) is 7.64. The molecule has 2 N–H and O–H groups in total. The minimum atomic E-state index is -0.843. The van der Waals surface area contributed by atoms with E-state index in [2.05, 4.69) is 5.32 Å². The lowest BCUT2D eigenvalue weighted by molar-refractivity contribution is -0.146. The zero-order chi connectivity index (χ0) is 24.9. The van der Waals surface area contributed by atoms with Gasteiger partial charge in [-0.15, -0.1) is 11.3 Å².